The first kappa shape index (κ1) is 12.2. The lowest BCUT2D eigenvalue weighted by molar-refractivity contribution is -0.665. The summed E-state index contributed by atoms with van der Waals surface area (Å²) in [5, 5.41) is 2.22. The van der Waals surface area contributed by atoms with E-state index in [2.05, 4.69) is 42.7 Å². The molecule has 0 atom stereocenters. The number of hydrogen-bond donors (Lipinski definition) is 0. The molecular formula is C23H28N+. The first-order valence-corrected chi connectivity index (χ1v) is 8.36. The van der Waals surface area contributed by atoms with Gasteiger partial charge in [-0.3, -0.25) is 0 Å². The highest BCUT2D eigenvalue weighted by Crippen LogP contribution is 2.33. The fraction of sp³-hybridized carbons (Fsp3) is 0.348. The molecule has 24 heavy (non-hydrogen) atoms. The SMILES string of the molecule is [2H]C([2H])([2H])c1cc(C([2H])(C)C)cc(-c2c3cc(C)ccc3cc(C)[n+]2C)c1C. The molecule has 3 aromatic rings. The number of benzene rings is 2. The Labute approximate surface area is 151 Å². The van der Waals surface area contributed by atoms with Gasteiger partial charge >= 0.3 is 0 Å². The van der Waals surface area contributed by atoms with E-state index < -0.39 is 12.7 Å². The summed E-state index contributed by atoms with van der Waals surface area (Å²) in [4.78, 5) is 0. The molecule has 0 amide bonds. The molecule has 2 aromatic carbocycles. The topological polar surface area (TPSA) is 3.88 Å². The van der Waals surface area contributed by atoms with Crippen LogP contribution < -0.4 is 4.57 Å². The molecule has 0 aliphatic heterocycles. The zero-order valence-electron chi connectivity index (χ0n) is 19.4. The highest BCUT2D eigenvalue weighted by molar-refractivity contribution is 5.94. The van der Waals surface area contributed by atoms with Crippen molar-refractivity contribution in [3.05, 3.63) is 64.3 Å². The number of aromatic nitrogens is 1. The van der Waals surface area contributed by atoms with Crippen LogP contribution in [0.4, 0.5) is 0 Å². The maximum absolute atomic E-state index is 8.51. The van der Waals surface area contributed by atoms with Crippen LogP contribution >= 0.6 is 0 Å². The second kappa shape index (κ2) is 6.05. The van der Waals surface area contributed by atoms with Crippen molar-refractivity contribution in [1.82, 2.24) is 0 Å². The second-order valence-corrected chi connectivity index (χ2v) is 6.98. The average molecular weight is 323 g/mol. The summed E-state index contributed by atoms with van der Waals surface area (Å²) in [5.41, 5.74) is 5.90. The minimum Gasteiger partial charge on any atom is -0.198 e. The quantitative estimate of drug-likeness (QED) is 0.534. The second-order valence-electron chi connectivity index (χ2n) is 6.98. The highest BCUT2D eigenvalue weighted by atomic mass is 14.9. The molecule has 0 spiro atoms. The number of aryl methyl sites for hydroxylation is 3. The van der Waals surface area contributed by atoms with E-state index in [1.165, 1.54) is 0 Å². The summed E-state index contributed by atoms with van der Waals surface area (Å²) < 4.78 is 34.7. The van der Waals surface area contributed by atoms with Crippen LogP contribution in [0.15, 0.2) is 36.4 Å². The molecule has 0 radical (unpaired) electrons. The van der Waals surface area contributed by atoms with Crippen LogP contribution in [0.3, 0.4) is 0 Å². The molecule has 0 aliphatic rings. The van der Waals surface area contributed by atoms with Gasteiger partial charge < -0.3 is 0 Å². The van der Waals surface area contributed by atoms with E-state index in [1.54, 1.807) is 19.9 Å². The van der Waals surface area contributed by atoms with Crippen LogP contribution in [-0.4, -0.2) is 0 Å². The largest absolute Gasteiger partial charge is 0.220 e. The van der Waals surface area contributed by atoms with Gasteiger partial charge in [-0.2, -0.15) is 4.57 Å². The van der Waals surface area contributed by atoms with E-state index >= 15 is 0 Å². The minimum atomic E-state index is -2.23. The van der Waals surface area contributed by atoms with E-state index in [4.69, 9.17) is 5.48 Å². The molecule has 3 rings (SSSR count). The molecule has 0 saturated carbocycles. The fourth-order valence-electron chi connectivity index (χ4n) is 3.25. The Morgan fingerprint density at radius 1 is 1.04 bits per heavy atom. The lowest BCUT2D eigenvalue weighted by Crippen LogP contribution is -2.35. The predicted molar refractivity (Wildman–Crippen MR) is 104 cm³/mol. The third-order valence-corrected chi connectivity index (χ3v) is 4.93. The molecule has 1 heteroatoms. The molecule has 0 N–H and O–H groups in total. The van der Waals surface area contributed by atoms with Gasteiger partial charge in [0, 0.05) is 18.5 Å². The number of nitrogens with zero attached hydrogens (tertiary/aromatic N) is 1. The highest BCUT2D eigenvalue weighted by Gasteiger charge is 2.21. The van der Waals surface area contributed by atoms with Crippen molar-refractivity contribution in [3.63, 3.8) is 0 Å². The van der Waals surface area contributed by atoms with Gasteiger partial charge in [0.2, 0.25) is 5.69 Å². The van der Waals surface area contributed by atoms with Gasteiger partial charge in [-0.05, 0) is 60.8 Å². The Morgan fingerprint density at radius 3 is 2.46 bits per heavy atom. The minimum absolute atomic E-state index is 0.322. The zero-order valence-corrected chi connectivity index (χ0v) is 15.4. The molecule has 0 fully saturated rings. The zero-order chi connectivity index (χ0) is 21.0. The standard InChI is InChI=1S/C23H28N/c1-14(2)20-11-16(4)18(6)21(13-20)23-22-10-15(3)8-9-19(22)12-17(5)24(23)7/h8-14H,1-7H3/q+1/i4D3,14D. The number of rotatable bonds is 2. The molecular weight excluding hydrogens is 290 g/mol. The number of fused-ring (bicyclic) bond motifs is 1. The van der Waals surface area contributed by atoms with E-state index in [9.17, 15) is 0 Å². The van der Waals surface area contributed by atoms with Crippen LogP contribution in [-0.2, 0) is 7.05 Å². The van der Waals surface area contributed by atoms with E-state index in [1.807, 2.05) is 20.0 Å². The Bertz CT molecular complexity index is 1070. The van der Waals surface area contributed by atoms with E-state index in [0.29, 0.717) is 11.1 Å². The van der Waals surface area contributed by atoms with E-state index in [0.717, 1.165) is 38.9 Å². The molecule has 124 valence electrons. The molecule has 1 heterocycles. The lowest BCUT2D eigenvalue weighted by Gasteiger charge is -2.15. The summed E-state index contributed by atoms with van der Waals surface area (Å²) in [7, 11) is 2.01. The summed E-state index contributed by atoms with van der Waals surface area (Å²) in [6, 6.07) is 12.2. The van der Waals surface area contributed by atoms with Crippen LogP contribution in [0.5, 0.6) is 0 Å². The van der Waals surface area contributed by atoms with Crippen molar-refractivity contribution >= 4 is 10.8 Å². The summed E-state index contributed by atoms with van der Waals surface area (Å²) in [6.07, 6.45) is 0. The molecule has 0 bridgehead atoms. The van der Waals surface area contributed by atoms with Crippen molar-refractivity contribution in [2.45, 2.75) is 47.4 Å². The molecule has 0 saturated heterocycles. The van der Waals surface area contributed by atoms with Crippen molar-refractivity contribution in [2.24, 2.45) is 7.05 Å². The van der Waals surface area contributed by atoms with Crippen molar-refractivity contribution in [3.8, 4) is 11.3 Å². The normalized spacial score (nSPS) is 14.9. The first-order valence-electron chi connectivity index (χ1n) is 10.4. The predicted octanol–water partition coefficient (Wildman–Crippen LogP) is 5.69. The third-order valence-electron chi connectivity index (χ3n) is 4.93. The Morgan fingerprint density at radius 2 is 1.79 bits per heavy atom. The summed E-state index contributed by atoms with van der Waals surface area (Å²) in [5.74, 6) is -0.892. The lowest BCUT2D eigenvalue weighted by atomic mass is 9.90. The van der Waals surface area contributed by atoms with E-state index in [-0.39, 0.29) is 0 Å². The number of pyridine rings is 1. The van der Waals surface area contributed by atoms with Gasteiger partial charge in [0.1, 0.15) is 7.05 Å². The van der Waals surface area contributed by atoms with Gasteiger partial charge in [-0.15, -0.1) is 0 Å². The van der Waals surface area contributed by atoms with Crippen LogP contribution in [0.1, 0.15) is 53.2 Å². The fourth-order valence-corrected chi connectivity index (χ4v) is 3.25. The van der Waals surface area contributed by atoms with Crippen LogP contribution in [0.2, 0.25) is 0 Å². The van der Waals surface area contributed by atoms with Gasteiger partial charge in [0.25, 0.3) is 0 Å². The van der Waals surface area contributed by atoms with Gasteiger partial charge in [-0.25, -0.2) is 0 Å². The van der Waals surface area contributed by atoms with Gasteiger partial charge in [0.15, 0.2) is 5.69 Å². The van der Waals surface area contributed by atoms with Crippen molar-refractivity contribution in [1.29, 1.82) is 0 Å². The monoisotopic (exact) mass is 322 g/mol. The molecule has 1 nitrogen and oxygen atoms in total. The maximum Gasteiger partial charge on any atom is 0.220 e. The Kier molecular flexibility index (Phi) is 3.09. The summed E-state index contributed by atoms with van der Waals surface area (Å²) >= 11 is 0. The average Bonchev–Trinajstić information content (AvgIpc) is 2.55. The Balaban J connectivity index is 2.51. The van der Waals surface area contributed by atoms with Crippen LogP contribution in [0, 0.1) is 27.6 Å². The smallest absolute Gasteiger partial charge is 0.198 e. The van der Waals surface area contributed by atoms with Crippen molar-refractivity contribution < 1.29 is 10.1 Å². The molecule has 1 aromatic heterocycles. The molecule has 0 aliphatic carbocycles. The van der Waals surface area contributed by atoms with Crippen LogP contribution in [0.25, 0.3) is 22.0 Å². The van der Waals surface area contributed by atoms with Gasteiger partial charge in [0.05, 0.1) is 10.9 Å². The Hall–Kier alpha value is -2.15. The van der Waals surface area contributed by atoms with Gasteiger partial charge in [-0.1, -0.05) is 37.6 Å². The number of hydrogen-bond acceptors (Lipinski definition) is 0. The third kappa shape index (κ3) is 2.73. The first-order chi connectivity index (χ1) is 12.8. The maximum atomic E-state index is 8.51. The molecule has 0 unspecified atom stereocenters. The van der Waals surface area contributed by atoms with Crippen molar-refractivity contribution in [2.75, 3.05) is 0 Å². The summed E-state index contributed by atoms with van der Waals surface area (Å²) in [6.45, 7) is 7.36.